The SMILES string of the molecule is N#Cc1cn(I)cn1. The molecule has 0 saturated heterocycles. The van der Waals surface area contributed by atoms with Crippen molar-refractivity contribution in [3.05, 3.63) is 18.2 Å². The summed E-state index contributed by atoms with van der Waals surface area (Å²) in [4.78, 5) is 3.73. The predicted octanol–water partition coefficient (Wildman–Crippen LogP) is 0.953. The van der Waals surface area contributed by atoms with Gasteiger partial charge in [0.1, 0.15) is 12.4 Å². The van der Waals surface area contributed by atoms with Gasteiger partial charge in [0.25, 0.3) is 0 Å². The molecule has 0 radical (unpaired) electrons. The topological polar surface area (TPSA) is 41.6 Å². The summed E-state index contributed by atoms with van der Waals surface area (Å²) in [6, 6.07) is 1.91. The van der Waals surface area contributed by atoms with Crippen LogP contribution in [-0.2, 0) is 0 Å². The third-order valence-corrected chi connectivity index (χ3v) is 1.19. The van der Waals surface area contributed by atoms with Crippen LogP contribution in [0.3, 0.4) is 0 Å². The highest BCUT2D eigenvalue weighted by Crippen LogP contribution is 1.96. The number of halogens is 1. The van der Waals surface area contributed by atoms with E-state index in [1.165, 1.54) is 0 Å². The molecule has 0 unspecified atom stereocenters. The molecule has 0 atom stereocenters. The number of hydrogen-bond acceptors (Lipinski definition) is 2. The van der Waals surface area contributed by atoms with Crippen molar-refractivity contribution in [2.75, 3.05) is 0 Å². The fourth-order valence-corrected chi connectivity index (χ4v) is 0.747. The number of nitrogens with zero attached hydrogens (tertiary/aromatic N) is 3. The summed E-state index contributed by atoms with van der Waals surface area (Å²) in [6.07, 6.45) is 3.24. The molecular weight excluding hydrogens is 217 g/mol. The van der Waals surface area contributed by atoms with E-state index < -0.39 is 0 Å². The monoisotopic (exact) mass is 219 g/mol. The number of rotatable bonds is 0. The van der Waals surface area contributed by atoms with Crippen molar-refractivity contribution in [1.29, 1.82) is 5.26 Å². The van der Waals surface area contributed by atoms with Crippen molar-refractivity contribution in [2.24, 2.45) is 0 Å². The normalized spacial score (nSPS) is 8.50. The minimum absolute atomic E-state index is 0.458. The van der Waals surface area contributed by atoms with Crippen molar-refractivity contribution in [2.45, 2.75) is 0 Å². The summed E-state index contributed by atoms with van der Waals surface area (Å²) in [5, 5.41) is 8.22. The van der Waals surface area contributed by atoms with Gasteiger partial charge in [-0.3, -0.25) is 2.78 Å². The minimum Gasteiger partial charge on any atom is -0.277 e. The molecule has 4 heteroatoms. The van der Waals surface area contributed by atoms with E-state index in [2.05, 4.69) is 4.98 Å². The molecule has 40 valence electrons. The zero-order chi connectivity index (χ0) is 5.98. The summed E-state index contributed by atoms with van der Waals surface area (Å²) < 4.78 is 1.70. The van der Waals surface area contributed by atoms with E-state index in [9.17, 15) is 0 Å². The molecule has 3 nitrogen and oxygen atoms in total. The lowest BCUT2D eigenvalue weighted by Crippen LogP contribution is -1.66. The van der Waals surface area contributed by atoms with Gasteiger partial charge >= 0.3 is 0 Å². The molecule has 0 fully saturated rings. The van der Waals surface area contributed by atoms with Crippen LogP contribution in [0.25, 0.3) is 0 Å². The van der Waals surface area contributed by atoms with Gasteiger partial charge in [-0.2, -0.15) is 5.26 Å². The van der Waals surface area contributed by atoms with Gasteiger partial charge in [0.15, 0.2) is 5.69 Å². The van der Waals surface area contributed by atoms with Gasteiger partial charge in [-0.15, -0.1) is 0 Å². The molecule has 0 aromatic carbocycles. The number of aromatic nitrogens is 2. The van der Waals surface area contributed by atoms with E-state index in [1.807, 2.05) is 28.9 Å². The first-order valence-corrected chi connectivity index (χ1v) is 2.89. The maximum atomic E-state index is 8.22. The van der Waals surface area contributed by atoms with E-state index in [0.29, 0.717) is 5.69 Å². The second-order valence-electron chi connectivity index (χ2n) is 1.21. The average molecular weight is 219 g/mol. The van der Waals surface area contributed by atoms with Gasteiger partial charge in [-0.1, -0.05) is 0 Å². The molecule has 0 spiro atoms. The second kappa shape index (κ2) is 2.13. The Morgan fingerprint density at radius 1 is 1.88 bits per heavy atom. The van der Waals surface area contributed by atoms with Crippen LogP contribution in [0.2, 0.25) is 0 Å². The molecule has 1 heterocycles. The van der Waals surface area contributed by atoms with Crippen LogP contribution in [0, 0.1) is 11.3 Å². The molecule has 8 heavy (non-hydrogen) atoms. The Kier molecular flexibility index (Phi) is 1.48. The van der Waals surface area contributed by atoms with Crippen LogP contribution >= 0.6 is 22.9 Å². The zero-order valence-corrected chi connectivity index (χ0v) is 6.03. The highest BCUT2D eigenvalue weighted by atomic mass is 127. The van der Waals surface area contributed by atoms with Gasteiger partial charge in [0.2, 0.25) is 0 Å². The Morgan fingerprint density at radius 3 is 2.88 bits per heavy atom. The van der Waals surface area contributed by atoms with Crippen molar-refractivity contribution >= 4 is 22.9 Å². The number of imidazole rings is 1. The van der Waals surface area contributed by atoms with E-state index in [1.54, 1.807) is 15.3 Å². The summed E-state index contributed by atoms with van der Waals surface area (Å²) in [5.74, 6) is 0. The molecule has 0 aliphatic carbocycles. The predicted molar refractivity (Wildman–Crippen MR) is 36.4 cm³/mol. The lowest BCUT2D eigenvalue weighted by molar-refractivity contribution is 1.27. The third kappa shape index (κ3) is 0.980. The first-order valence-electron chi connectivity index (χ1n) is 1.93. The van der Waals surface area contributed by atoms with E-state index >= 15 is 0 Å². The van der Waals surface area contributed by atoms with E-state index in [0.717, 1.165) is 0 Å². The molecule has 1 aromatic rings. The molecule has 1 rings (SSSR count). The summed E-state index contributed by atoms with van der Waals surface area (Å²) in [7, 11) is 0. The summed E-state index contributed by atoms with van der Waals surface area (Å²) in [5.41, 5.74) is 0.458. The minimum atomic E-state index is 0.458. The van der Waals surface area contributed by atoms with Crippen LogP contribution < -0.4 is 0 Å². The second-order valence-corrected chi connectivity index (χ2v) is 2.33. The lowest BCUT2D eigenvalue weighted by atomic mass is 10.6. The van der Waals surface area contributed by atoms with Crippen molar-refractivity contribution in [3.63, 3.8) is 0 Å². The van der Waals surface area contributed by atoms with Crippen LogP contribution in [0.1, 0.15) is 5.69 Å². The van der Waals surface area contributed by atoms with Crippen LogP contribution in [0.5, 0.6) is 0 Å². The molecule has 0 aliphatic heterocycles. The first-order chi connectivity index (χ1) is 3.83. The van der Waals surface area contributed by atoms with Gasteiger partial charge < -0.3 is 0 Å². The number of nitriles is 1. The Labute approximate surface area is 60.4 Å². The van der Waals surface area contributed by atoms with E-state index in [4.69, 9.17) is 5.26 Å². The standard InChI is InChI=1S/C4H2IN3/c5-8-2-4(1-6)7-3-8/h2-3H. The lowest BCUT2D eigenvalue weighted by Gasteiger charge is -1.73. The van der Waals surface area contributed by atoms with Crippen molar-refractivity contribution in [1.82, 2.24) is 7.76 Å². The maximum Gasteiger partial charge on any atom is 0.159 e. The Morgan fingerprint density at radius 2 is 2.62 bits per heavy atom. The van der Waals surface area contributed by atoms with Crippen LogP contribution in [0.15, 0.2) is 12.5 Å². The summed E-state index contributed by atoms with van der Waals surface area (Å²) in [6.45, 7) is 0. The highest BCUT2D eigenvalue weighted by molar-refractivity contribution is 14.1. The first kappa shape index (κ1) is 5.56. The fourth-order valence-electron chi connectivity index (χ4n) is 0.359. The van der Waals surface area contributed by atoms with Crippen molar-refractivity contribution < 1.29 is 0 Å². The molecule has 0 amide bonds. The Bertz CT molecular complexity index is 221. The molecule has 1 aromatic heterocycles. The highest BCUT2D eigenvalue weighted by Gasteiger charge is 1.89. The van der Waals surface area contributed by atoms with Gasteiger partial charge in [0, 0.05) is 0 Å². The zero-order valence-electron chi connectivity index (χ0n) is 3.87. The Balaban J connectivity index is 3.05. The average Bonchev–Trinajstić information content (AvgIpc) is 2.14. The van der Waals surface area contributed by atoms with Crippen LogP contribution in [-0.4, -0.2) is 7.76 Å². The van der Waals surface area contributed by atoms with Crippen molar-refractivity contribution in [3.8, 4) is 6.07 Å². The van der Waals surface area contributed by atoms with Gasteiger partial charge in [-0.25, -0.2) is 4.98 Å². The molecule has 0 bridgehead atoms. The smallest absolute Gasteiger partial charge is 0.159 e. The molecule has 0 N–H and O–H groups in total. The van der Waals surface area contributed by atoms with Gasteiger partial charge in [0.05, 0.1) is 29.1 Å². The van der Waals surface area contributed by atoms with E-state index in [-0.39, 0.29) is 0 Å². The molecular formula is C4H2IN3. The molecule has 0 saturated carbocycles. The maximum absolute atomic E-state index is 8.22. The third-order valence-electron chi connectivity index (χ3n) is 0.667. The van der Waals surface area contributed by atoms with Crippen LogP contribution in [0.4, 0.5) is 0 Å². The fraction of sp³-hybridized carbons (Fsp3) is 0. The largest absolute Gasteiger partial charge is 0.277 e. The summed E-state index contributed by atoms with van der Waals surface area (Å²) >= 11 is 2.03. The quantitative estimate of drug-likeness (QED) is 0.609. The molecule has 0 aliphatic rings. The Hall–Kier alpha value is -0.570. The van der Waals surface area contributed by atoms with Gasteiger partial charge in [-0.05, 0) is 0 Å². The number of hydrogen-bond donors (Lipinski definition) is 0.